The fraction of sp³-hybridized carbons (Fsp3) is 0.300. The molecule has 0 saturated carbocycles. The summed E-state index contributed by atoms with van der Waals surface area (Å²) in [5.74, 6) is 8.39. The predicted molar refractivity (Wildman–Crippen MR) is 105 cm³/mol. The predicted octanol–water partition coefficient (Wildman–Crippen LogP) is -0.371. The smallest absolute Gasteiger partial charge is 0.266 e. The summed E-state index contributed by atoms with van der Waals surface area (Å²) in [7, 11) is -3.33. The van der Waals surface area contributed by atoms with E-state index >= 15 is 0 Å². The molecule has 152 valence electrons. The number of aliphatic hydroxyl groups is 1. The molecule has 9 heteroatoms. The maximum Gasteiger partial charge on any atom is 0.266 e. The molecule has 1 atom stereocenters. The van der Waals surface area contributed by atoms with Gasteiger partial charge in [-0.2, -0.15) is 0 Å². The van der Waals surface area contributed by atoms with E-state index in [9.17, 15) is 18.0 Å². The van der Waals surface area contributed by atoms with Crippen molar-refractivity contribution in [3.8, 4) is 23.7 Å². The number of amides is 2. The minimum Gasteiger partial charge on any atom is -0.395 e. The summed E-state index contributed by atoms with van der Waals surface area (Å²) in [6, 6.07) is 4.86. The number of hydrogen-bond acceptors (Lipinski definition) is 6. The largest absolute Gasteiger partial charge is 0.395 e. The molecule has 0 aromatic heterocycles. The van der Waals surface area contributed by atoms with Crippen LogP contribution >= 0.6 is 0 Å². The standard InChI is InChI=1S/C20H20N2O6S/c1-2-20(13-29(27,28)14-20)17(19(25)22-26)21-18(24)16-10-8-15(9-11-16)7-5-3-4-6-12-23/h2,8-11,17,23,26H,1,6,12-14H2,(H,21,24)(H,22,25). The van der Waals surface area contributed by atoms with Gasteiger partial charge in [-0.15, -0.1) is 6.58 Å². The van der Waals surface area contributed by atoms with Crippen molar-refractivity contribution < 1.29 is 28.3 Å². The van der Waals surface area contributed by atoms with Crippen LogP contribution in [0.2, 0.25) is 0 Å². The Morgan fingerprint density at radius 3 is 2.41 bits per heavy atom. The minimum atomic E-state index is -3.33. The molecule has 1 aromatic carbocycles. The Morgan fingerprint density at radius 1 is 1.24 bits per heavy atom. The minimum absolute atomic E-state index is 0.0349. The van der Waals surface area contributed by atoms with Crippen LogP contribution in [-0.4, -0.2) is 54.7 Å². The van der Waals surface area contributed by atoms with Crippen LogP contribution in [0, 0.1) is 29.1 Å². The summed E-state index contributed by atoms with van der Waals surface area (Å²) in [6.45, 7) is 3.54. The number of aliphatic hydroxyl groups excluding tert-OH is 1. The van der Waals surface area contributed by atoms with Crippen LogP contribution in [0.1, 0.15) is 22.3 Å². The van der Waals surface area contributed by atoms with E-state index in [0.717, 1.165) is 0 Å². The van der Waals surface area contributed by atoms with Crippen LogP contribution in [0.4, 0.5) is 0 Å². The number of hydrogen-bond donors (Lipinski definition) is 4. The van der Waals surface area contributed by atoms with Crippen LogP contribution in [0.3, 0.4) is 0 Å². The van der Waals surface area contributed by atoms with Crippen LogP contribution in [0.25, 0.3) is 0 Å². The number of hydroxylamine groups is 1. The summed E-state index contributed by atoms with van der Waals surface area (Å²) in [5, 5.41) is 20.1. The number of nitrogens with one attached hydrogen (secondary N) is 2. The Kier molecular flexibility index (Phi) is 7.18. The Bertz CT molecular complexity index is 1010. The number of carbonyl (C=O) groups is 2. The molecule has 0 aliphatic carbocycles. The molecule has 0 radical (unpaired) electrons. The highest BCUT2D eigenvalue weighted by atomic mass is 32.2. The van der Waals surface area contributed by atoms with Gasteiger partial charge in [0.15, 0.2) is 9.84 Å². The van der Waals surface area contributed by atoms with Crippen molar-refractivity contribution in [1.82, 2.24) is 10.8 Å². The topological polar surface area (TPSA) is 133 Å². The van der Waals surface area contributed by atoms with Crippen molar-refractivity contribution in [3.05, 3.63) is 48.0 Å². The molecule has 8 nitrogen and oxygen atoms in total. The van der Waals surface area contributed by atoms with Gasteiger partial charge in [-0.05, 0) is 36.1 Å². The molecular formula is C20H20N2O6S. The van der Waals surface area contributed by atoms with Crippen molar-refractivity contribution >= 4 is 21.7 Å². The lowest BCUT2D eigenvalue weighted by Crippen LogP contribution is -2.64. The van der Waals surface area contributed by atoms with E-state index in [0.29, 0.717) is 12.0 Å². The van der Waals surface area contributed by atoms with Gasteiger partial charge in [0.25, 0.3) is 11.8 Å². The number of sulfone groups is 1. The molecule has 29 heavy (non-hydrogen) atoms. The summed E-state index contributed by atoms with van der Waals surface area (Å²) < 4.78 is 23.2. The van der Waals surface area contributed by atoms with Crippen molar-refractivity contribution in [2.24, 2.45) is 5.41 Å². The molecule has 1 unspecified atom stereocenters. The van der Waals surface area contributed by atoms with E-state index in [1.165, 1.54) is 23.7 Å². The molecule has 0 spiro atoms. The van der Waals surface area contributed by atoms with E-state index in [2.05, 4.69) is 35.6 Å². The van der Waals surface area contributed by atoms with Crippen molar-refractivity contribution in [1.29, 1.82) is 0 Å². The van der Waals surface area contributed by atoms with Crippen LogP contribution < -0.4 is 10.8 Å². The lowest BCUT2D eigenvalue weighted by molar-refractivity contribution is -0.133. The third kappa shape index (κ3) is 5.46. The highest BCUT2D eigenvalue weighted by Crippen LogP contribution is 2.37. The second-order valence-electron chi connectivity index (χ2n) is 6.45. The van der Waals surface area contributed by atoms with Crippen molar-refractivity contribution in [3.63, 3.8) is 0 Å². The van der Waals surface area contributed by atoms with Gasteiger partial charge in [0, 0.05) is 23.0 Å². The third-order valence-electron chi connectivity index (χ3n) is 4.35. The molecule has 1 heterocycles. The zero-order valence-corrected chi connectivity index (χ0v) is 16.3. The Morgan fingerprint density at radius 2 is 1.90 bits per heavy atom. The first kappa shape index (κ1) is 22.2. The monoisotopic (exact) mass is 416 g/mol. The highest BCUT2D eigenvalue weighted by Gasteiger charge is 2.54. The Balaban J connectivity index is 2.15. The third-order valence-corrected chi connectivity index (χ3v) is 6.30. The second-order valence-corrected chi connectivity index (χ2v) is 8.52. The van der Waals surface area contributed by atoms with E-state index in [-0.39, 0.29) is 23.7 Å². The molecule has 1 fully saturated rings. The van der Waals surface area contributed by atoms with Crippen LogP contribution in [0.5, 0.6) is 0 Å². The van der Waals surface area contributed by atoms with Gasteiger partial charge < -0.3 is 10.4 Å². The van der Waals surface area contributed by atoms with Gasteiger partial charge >= 0.3 is 0 Å². The fourth-order valence-electron chi connectivity index (χ4n) is 2.90. The summed E-state index contributed by atoms with van der Waals surface area (Å²) in [5.41, 5.74) is 1.10. The zero-order chi connectivity index (χ0) is 21.5. The zero-order valence-electron chi connectivity index (χ0n) is 15.4. The lowest BCUT2D eigenvalue weighted by atomic mass is 9.82. The van der Waals surface area contributed by atoms with Gasteiger partial charge in [0.1, 0.15) is 6.04 Å². The van der Waals surface area contributed by atoms with E-state index < -0.39 is 33.1 Å². The molecule has 2 amide bonds. The van der Waals surface area contributed by atoms with E-state index in [1.807, 2.05) is 0 Å². The van der Waals surface area contributed by atoms with Gasteiger partial charge in [0.05, 0.1) is 18.1 Å². The summed E-state index contributed by atoms with van der Waals surface area (Å²) in [6.07, 6.45) is 1.65. The van der Waals surface area contributed by atoms with Gasteiger partial charge in [-0.3, -0.25) is 14.8 Å². The maximum atomic E-state index is 12.5. The average molecular weight is 416 g/mol. The molecule has 4 N–H and O–H groups in total. The molecule has 0 bridgehead atoms. The maximum absolute atomic E-state index is 12.5. The highest BCUT2D eigenvalue weighted by molar-refractivity contribution is 7.92. The number of carbonyl (C=O) groups excluding carboxylic acids is 2. The number of rotatable bonds is 6. The molecule has 1 aliphatic heterocycles. The van der Waals surface area contributed by atoms with Crippen LogP contribution in [0.15, 0.2) is 36.9 Å². The van der Waals surface area contributed by atoms with Crippen molar-refractivity contribution in [2.45, 2.75) is 12.5 Å². The molecule has 2 rings (SSSR count). The van der Waals surface area contributed by atoms with E-state index in [4.69, 9.17) is 10.3 Å². The van der Waals surface area contributed by atoms with Crippen LogP contribution in [-0.2, 0) is 14.6 Å². The Hall–Kier alpha value is -3.11. The fourth-order valence-corrected chi connectivity index (χ4v) is 5.02. The SMILES string of the molecule is C=CC1(C(NC(=O)c2ccc(C#CC#CCCO)cc2)C(=O)NO)CS(=O)(=O)C1. The first-order chi connectivity index (χ1) is 13.8. The summed E-state index contributed by atoms with van der Waals surface area (Å²) in [4.78, 5) is 24.6. The van der Waals surface area contributed by atoms with Gasteiger partial charge in [-0.1, -0.05) is 17.9 Å². The second kappa shape index (κ2) is 9.39. The first-order valence-electron chi connectivity index (χ1n) is 8.55. The summed E-state index contributed by atoms with van der Waals surface area (Å²) >= 11 is 0. The number of benzene rings is 1. The average Bonchev–Trinajstić information content (AvgIpc) is 2.69. The Labute approximate surface area is 168 Å². The normalized spacial score (nSPS) is 16.5. The lowest BCUT2D eigenvalue weighted by Gasteiger charge is -2.43. The van der Waals surface area contributed by atoms with Crippen molar-refractivity contribution in [2.75, 3.05) is 18.1 Å². The quantitative estimate of drug-likeness (QED) is 0.216. The first-order valence-corrected chi connectivity index (χ1v) is 10.4. The molecule has 1 aromatic rings. The van der Waals surface area contributed by atoms with E-state index in [1.54, 1.807) is 12.1 Å². The molecular weight excluding hydrogens is 396 g/mol. The van der Waals surface area contributed by atoms with Gasteiger partial charge in [0.2, 0.25) is 0 Å². The molecule has 1 saturated heterocycles. The molecule has 1 aliphatic rings. The van der Waals surface area contributed by atoms with Gasteiger partial charge in [-0.25, -0.2) is 13.9 Å².